The van der Waals surface area contributed by atoms with Gasteiger partial charge in [-0.2, -0.15) is 0 Å². The van der Waals surface area contributed by atoms with Crippen molar-refractivity contribution in [2.24, 2.45) is 0 Å². The van der Waals surface area contributed by atoms with Gasteiger partial charge in [0.05, 0.1) is 7.11 Å². The van der Waals surface area contributed by atoms with Gasteiger partial charge in [0.15, 0.2) is 17.3 Å². The fourth-order valence-electron chi connectivity index (χ4n) is 1.78. The van der Waals surface area contributed by atoms with Gasteiger partial charge in [0.1, 0.15) is 17.2 Å². The molecule has 0 saturated heterocycles. The fourth-order valence-corrected chi connectivity index (χ4v) is 2.11. The number of hydrogen-bond donors (Lipinski definition) is 2. The lowest BCUT2D eigenvalue weighted by molar-refractivity contribution is 0.0686. The Labute approximate surface area is 126 Å². The number of hydrogen-bond acceptors (Lipinski definition) is 4. The van der Waals surface area contributed by atoms with Crippen LogP contribution in [0, 0.1) is 11.6 Å². The van der Waals surface area contributed by atoms with Crippen molar-refractivity contribution < 1.29 is 23.4 Å². The molecule has 0 aliphatic carbocycles. The molecule has 5 nitrogen and oxygen atoms in total. The Kier molecular flexibility index (Phi) is 4.08. The molecule has 0 fully saturated rings. The van der Waals surface area contributed by atoms with Crippen LogP contribution < -0.4 is 10.5 Å². The van der Waals surface area contributed by atoms with E-state index in [9.17, 15) is 13.6 Å². The zero-order valence-electron chi connectivity index (χ0n) is 10.7. The third kappa shape index (κ3) is 2.66. The first-order valence-corrected chi connectivity index (χ1v) is 6.37. The number of nitrogens with zero attached hydrogens (tertiary/aromatic N) is 1. The van der Waals surface area contributed by atoms with E-state index < -0.39 is 40.4 Å². The highest BCUT2D eigenvalue weighted by Crippen LogP contribution is 2.35. The molecule has 0 aliphatic heterocycles. The standard InChI is InChI=1S/C13H9BrF2N2O3/c1-21-12-9(17)8(16)10(18-11(12)13(19)20)6-3-2-5(14)4-7(6)15/h2-4H,1H3,(H2,17,18)(H,19,20). The topological polar surface area (TPSA) is 85.4 Å². The van der Waals surface area contributed by atoms with Crippen LogP contribution in [-0.2, 0) is 0 Å². The number of ether oxygens (including phenoxy) is 1. The molecule has 0 saturated carbocycles. The summed E-state index contributed by atoms with van der Waals surface area (Å²) in [6, 6.07) is 3.85. The predicted molar refractivity (Wildman–Crippen MR) is 75.2 cm³/mol. The maximum absolute atomic E-state index is 14.2. The first-order chi connectivity index (χ1) is 9.86. The van der Waals surface area contributed by atoms with E-state index in [-0.39, 0.29) is 5.56 Å². The molecule has 3 N–H and O–H groups in total. The van der Waals surface area contributed by atoms with Crippen molar-refractivity contribution in [1.82, 2.24) is 4.98 Å². The summed E-state index contributed by atoms with van der Waals surface area (Å²) in [4.78, 5) is 14.8. The Bertz CT molecular complexity index is 738. The molecule has 0 radical (unpaired) electrons. The number of rotatable bonds is 3. The van der Waals surface area contributed by atoms with Crippen LogP contribution in [0.4, 0.5) is 14.5 Å². The molecule has 0 aliphatic rings. The molecule has 2 aromatic rings. The van der Waals surface area contributed by atoms with Crippen LogP contribution in [0.5, 0.6) is 5.75 Å². The lowest BCUT2D eigenvalue weighted by Gasteiger charge is -2.12. The van der Waals surface area contributed by atoms with Gasteiger partial charge in [-0.1, -0.05) is 15.9 Å². The van der Waals surface area contributed by atoms with Crippen molar-refractivity contribution >= 4 is 27.6 Å². The highest BCUT2D eigenvalue weighted by molar-refractivity contribution is 9.10. The molecular weight excluding hydrogens is 350 g/mol. The number of pyridine rings is 1. The number of carboxylic acids is 1. The maximum atomic E-state index is 14.2. The second-order valence-corrected chi connectivity index (χ2v) is 4.91. The van der Waals surface area contributed by atoms with Crippen molar-refractivity contribution in [2.45, 2.75) is 0 Å². The Morgan fingerprint density at radius 1 is 1.43 bits per heavy atom. The van der Waals surface area contributed by atoms with E-state index in [1.54, 1.807) is 0 Å². The third-order valence-corrected chi connectivity index (χ3v) is 3.21. The van der Waals surface area contributed by atoms with Crippen LogP contribution in [0.2, 0.25) is 0 Å². The largest absolute Gasteiger partial charge is 0.492 e. The van der Waals surface area contributed by atoms with E-state index in [0.29, 0.717) is 4.47 Å². The highest BCUT2D eigenvalue weighted by Gasteiger charge is 2.25. The number of anilines is 1. The molecule has 1 heterocycles. The number of methoxy groups -OCH3 is 1. The van der Waals surface area contributed by atoms with Crippen molar-refractivity contribution in [3.8, 4) is 17.0 Å². The summed E-state index contributed by atoms with van der Waals surface area (Å²) in [7, 11) is 1.14. The van der Waals surface area contributed by atoms with Crippen molar-refractivity contribution in [3.63, 3.8) is 0 Å². The van der Waals surface area contributed by atoms with E-state index in [0.717, 1.165) is 13.2 Å². The Morgan fingerprint density at radius 2 is 2.10 bits per heavy atom. The van der Waals surface area contributed by atoms with Crippen LogP contribution in [0.25, 0.3) is 11.3 Å². The lowest BCUT2D eigenvalue weighted by atomic mass is 10.1. The van der Waals surface area contributed by atoms with Gasteiger partial charge in [0, 0.05) is 10.0 Å². The number of benzene rings is 1. The van der Waals surface area contributed by atoms with Gasteiger partial charge in [0.2, 0.25) is 0 Å². The first kappa shape index (κ1) is 15.2. The van der Waals surface area contributed by atoms with E-state index in [4.69, 9.17) is 15.6 Å². The number of nitrogen functional groups attached to an aromatic ring is 1. The quantitative estimate of drug-likeness (QED) is 0.880. The van der Waals surface area contributed by atoms with Crippen molar-refractivity contribution in [1.29, 1.82) is 0 Å². The fraction of sp³-hybridized carbons (Fsp3) is 0.0769. The van der Waals surface area contributed by atoms with Gasteiger partial charge in [-0.05, 0) is 18.2 Å². The summed E-state index contributed by atoms with van der Waals surface area (Å²) < 4.78 is 33.3. The highest BCUT2D eigenvalue weighted by atomic mass is 79.9. The molecule has 110 valence electrons. The summed E-state index contributed by atoms with van der Waals surface area (Å²) in [6.45, 7) is 0. The Hall–Kier alpha value is -2.22. The average molecular weight is 359 g/mol. The Morgan fingerprint density at radius 3 is 2.62 bits per heavy atom. The molecule has 0 bridgehead atoms. The number of nitrogens with two attached hydrogens (primary N) is 1. The van der Waals surface area contributed by atoms with E-state index in [2.05, 4.69) is 20.9 Å². The number of carboxylic acid groups (broad SMARTS) is 1. The third-order valence-electron chi connectivity index (χ3n) is 2.72. The molecule has 0 amide bonds. The minimum absolute atomic E-state index is 0.201. The Balaban J connectivity index is 2.78. The molecule has 1 aromatic heterocycles. The number of halogens is 3. The summed E-state index contributed by atoms with van der Waals surface area (Å²) >= 11 is 3.07. The van der Waals surface area contributed by atoms with Crippen LogP contribution in [0.1, 0.15) is 10.5 Å². The summed E-state index contributed by atoms with van der Waals surface area (Å²) in [5.41, 5.74) is 3.69. The van der Waals surface area contributed by atoms with E-state index in [1.165, 1.54) is 12.1 Å². The first-order valence-electron chi connectivity index (χ1n) is 5.58. The van der Waals surface area contributed by atoms with Gasteiger partial charge in [0.25, 0.3) is 0 Å². The van der Waals surface area contributed by atoms with Gasteiger partial charge in [-0.25, -0.2) is 18.6 Å². The SMILES string of the molecule is COc1c(C(=O)O)nc(-c2ccc(Br)cc2F)c(F)c1N. The predicted octanol–water partition coefficient (Wildman–Crippen LogP) is 3.08. The smallest absolute Gasteiger partial charge is 0.358 e. The summed E-state index contributed by atoms with van der Waals surface area (Å²) in [5, 5.41) is 9.08. The average Bonchev–Trinajstić information content (AvgIpc) is 2.42. The van der Waals surface area contributed by atoms with Gasteiger partial charge >= 0.3 is 5.97 Å². The minimum Gasteiger partial charge on any atom is -0.492 e. The molecular formula is C13H9BrF2N2O3. The minimum atomic E-state index is -1.46. The van der Waals surface area contributed by atoms with Crippen LogP contribution >= 0.6 is 15.9 Å². The summed E-state index contributed by atoms with van der Waals surface area (Å²) in [5.74, 6) is -3.67. The van der Waals surface area contributed by atoms with E-state index in [1.807, 2.05) is 0 Å². The maximum Gasteiger partial charge on any atom is 0.358 e. The number of carbonyl (C=O) groups is 1. The van der Waals surface area contributed by atoms with E-state index >= 15 is 0 Å². The zero-order valence-corrected chi connectivity index (χ0v) is 12.2. The molecule has 0 atom stereocenters. The molecule has 1 aromatic carbocycles. The second-order valence-electron chi connectivity index (χ2n) is 4.00. The van der Waals surface area contributed by atoms with Gasteiger partial charge in [-0.15, -0.1) is 0 Å². The van der Waals surface area contributed by atoms with Crippen LogP contribution in [-0.4, -0.2) is 23.2 Å². The lowest BCUT2D eigenvalue weighted by Crippen LogP contribution is -2.10. The zero-order chi connectivity index (χ0) is 15.7. The molecule has 2 rings (SSSR count). The van der Waals surface area contributed by atoms with Crippen molar-refractivity contribution in [3.05, 3.63) is 40.0 Å². The normalized spacial score (nSPS) is 10.5. The monoisotopic (exact) mass is 358 g/mol. The van der Waals surface area contributed by atoms with Crippen molar-refractivity contribution in [2.75, 3.05) is 12.8 Å². The second kappa shape index (κ2) is 5.65. The van der Waals surface area contributed by atoms with Crippen LogP contribution in [0.15, 0.2) is 22.7 Å². The number of aromatic carboxylic acids is 1. The van der Waals surface area contributed by atoms with Gasteiger partial charge in [-0.3, -0.25) is 0 Å². The van der Waals surface area contributed by atoms with Crippen LogP contribution in [0.3, 0.4) is 0 Å². The summed E-state index contributed by atoms with van der Waals surface area (Å²) in [6.07, 6.45) is 0. The molecule has 0 spiro atoms. The molecule has 8 heteroatoms. The molecule has 0 unspecified atom stereocenters. The van der Waals surface area contributed by atoms with Gasteiger partial charge < -0.3 is 15.6 Å². The number of aromatic nitrogens is 1. The molecule has 21 heavy (non-hydrogen) atoms.